The van der Waals surface area contributed by atoms with Crippen LogP contribution in [0.25, 0.3) is 0 Å². The first-order valence-electron chi connectivity index (χ1n) is 9.05. The first-order valence-corrected chi connectivity index (χ1v) is 11.4. The van der Waals surface area contributed by atoms with Crippen molar-refractivity contribution in [1.82, 2.24) is 0 Å². The van der Waals surface area contributed by atoms with Gasteiger partial charge in [-0.3, -0.25) is 0 Å². The van der Waals surface area contributed by atoms with Crippen molar-refractivity contribution in [2.75, 3.05) is 0 Å². The molecule has 0 saturated carbocycles. The third kappa shape index (κ3) is 3.80. The van der Waals surface area contributed by atoms with Gasteiger partial charge in [-0.25, -0.2) is 0 Å². The van der Waals surface area contributed by atoms with Crippen LogP contribution in [0.4, 0.5) is 0 Å². The van der Waals surface area contributed by atoms with Gasteiger partial charge in [0.05, 0.1) is 5.41 Å². The van der Waals surface area contributed by atoms with Gasteiger partial charge in [-0.05, 0) is 58.7 Å². The monoisotopic (exact) mass is 544 g/mol. The summed E-state index contributed by atoms with van der Waals surface area (Å²) >= 11 is 20.7. The second kappa shape index (κ2) is 8.65. The van der Waals surface area contributed by atoms with Crippen LogP contribution in [-0.2, 0) is 5.41 Å². The highest BCUT2D eigenvalue weighted by molar-refractivity contribution is 9.10. The van der Waals surface area contributed by atoms with Gasteiger partial charge < -0.3 is 0 Å². The van der Waals surface area contributed by atoms with Crippen LogP contribution in [-0.4, -0.2) is 0 Å². The molecule has 0 N–H and O–H groups in total. The van der Waals surface area contributed by atoms with Crippen molar-refractivity contribution >= 4 is 55.1 Å². The molecule has 0 radical (unpaired) electrons. The van der Waals surface area contributed by atoms with Crippen LogP contribution in [0.2, 0.25) is 10.0 Å². The summed E-state index contributed by atoms with van der Waals surface area (Å²) in [7, 11) is 0. The van der Waals surface area contributed by atoms with Crippen molar-refractivity contribution in [1.29, 1.82) is 0 Å². The van der Waals surface area contributed by atoms with E-state index in [0.29, 0.717) is 10.0 Å². The minimum Gasteiger partial charge on any atom is -0.0840 e. The fraction of sp³-hybridized carbons (Fsp3) is 0.0400. The molecule has 4 heteroatoms. The number of hydrogen-bond donors (Lipinski definition) is 0. The van der Waals surface area contributed by atoms with E-state index in [1.807, 2.05) is 36.4 Å². The third-order valence-electron chi connectivity index (χ3n) is 5.11. The number of halogens is 4. The smallest absolute Gasteiger partial charge is 0.0730 e. The van der Waals surface area contributed by atoms with Crippen LogP contribution in [0, 0.1) is 0 Å². The molecule has 0 aliphatic rings. The summed E-state index contributed by atoms with van der Waals surface area (Å²) < 4.78 is 2.04. The Hall–Kier alpha value is -1.58. The zero-order valence-corrected chi connectivity index (χ0v) is 19.9. The minimum absolute atomic E-state index is 0.669. The Balaban J connectivity index is 2.19. The van der Waals surface area contributed by atoms with Crippen molar-refractivity contribution in [2.24, 2.45) is 0 Å². The lowest BCUT2D eigenvalue weighted by atomic mass is 9.65. The van der Waals surface area contributed by atoms with E-state index in [4.69, 9.17) is 23.2 Å². The van der Waals surface area contributed by atoms with E-state index in [1.54, 1.807) is 0 Å². The van der Waals surface area contributed by atoms with Gasteiger partial charge in [0, 0.05) is 19.0 Å². The molecule has 4 aromatic rings. The zero-order chi connectivity index (χ0) is 20.4. The largest absolute Gasteiger partial charge is 0.0840 e. The second-order valence-corrected chi connectivity index (χ2v) is 9.37. The normalized spacial score (nSPS) is 11.4. The van der Waals surface area contributed by atoms with Gasteiger partial charge in [0.25, 0.3) is 0 Å². The fourth-order valence-corrected chi connectivity index (χ4v) is 4.95. The molecule has 0 aliphatic heterocycles. The van der Waals surface area contributed by atoms with Crippen LogP contribution < -0.4 is 0 Å². The summed E-state index contributed by atoms with van der Waals surface area (Å²) in [6.45, 7) is 0. The number of benzene rings is 4. The van der Waals surface area contributed by atoms with Gasteiger partial charge in [-0.15, -0.1) is 0 Å². The molecule has 0 saturated heterocycles. The van der Waals surface area contributed by atoms with E-state index < -0.39 is 5.41 Å². The Morgan fingerprint density at radius 2 is 0.828 bits per heavy atom. The molecule has 0 amide bonds. The molecule has 4 rings (SSSR count). The van der Waals surface area contributed by atoms with E-state index in [2.05, 4.69) is 92.5 Å². The second-order valence-electron chi connectivity index (χ2n) is 6.72. The first-order chi connectivity index (χ1) is 14.0. The van der Waals surface area contributed by atoms with E-state index in [0.717, 1.165) is 31.2 Å². The first kappa shape index (κ1) is 20.7. The van der Waals surface area contributed by atoms with Gasteiger partial charge >= 0.3 is 0 Å². The van der Waals surface area contributed by atoms with Crippen LogP contribution in [0.1, 0.15) is 22.3 Å². The number of rotatable bonds is 4. The molecule has 0 fully saturated rings. The topological polar surface area (TPSA) is 0 Å². The molecular formula is C25H16Br2Cl2. The summed E-state index contributed by atoms with van der Waals surface area (Å²) in [5, 5.41) is 1.39. The molecule has 0 aliphatic carbocycles. The lowest BCUT2D eigenvalue weighted by molar-refractivity contribution is 0.745. The Morgan fingerprint density at radius 3 is 1.17 bits per heavy atom. The average molecular weight is 547 g/mol. The SMILES string of the molecule is Clc1ccccc1C(c1ccc(Br)cc1)(c1ccc(Br)cc1)c1ccccc1Cl. The Bertz CT molecular complexity index is 1040. The van der Waals surface area contributed by atoms with E-state index in [1.165, 1.54) is 0 Å². The quantitative estimate of drug-likeness (QED) is 0.224. The molecule has 0 heterocycles. The maximum Gasteiger partial charge on any atom is 0.0730 e. The summed E-state index contributed by atoms with van der Waals surface area (Å²) in [6.07, 6.45) is 0. The van der Waals surface area contributed by atoms with E-state index >= 15 is 0 Å². The van der Waals surface area contributed by atoms with E-state index in [9.17, 15) is 0 Å². The van der Waals surface area contributed by atoms with Crippen LogP contribution in [0.3, 0.4) is 0 Å². The molecule has 29 heavy (non-hydrogen) atoms. The molecule has 0 spiro atoms. The van der Waals surface area contributed by atoms with Gasteiger partial charge in [0.15, 0.2) is 0 Å². The minimum atomic E-state index is -0.669. The molecule has 0 atom stereocenters. The molecule has 0 nitrogen and oxygen atoms in total. The van der Waals surface area contributed by atoms with Crippen LogP contribution in [0.15, 0.2) is 106 Å². The highest BCUT2D eigenvalue weighted by Gasteiger charge is 2.41. The highest BCUT2D eigenvalue weighted by Crippen LogP contribution is 2.49. The van der Waals surface area contributed by atoms with Gasteiger partial charge in [-0.2, -0.15) is 0 Å². The predicted molar refractivity (Wildman–Crippen MR) is 130 cm³/mol. The predicted octanol–water partition coefficient (Wildman–Crippen LogP) is 8.90. The standard InChI is InChI=1S/C25H16Br2Cl2/c26-19-13-9-17(10-14-19)25(18-11-15-20(27)16-12-18,21-5-1-3-7-23(21)28)22-6-2-4-8-24(22)29/h1-16H. The maximum absolute atomic E-state index is 6.81. The van der Waals surface area contributed by atoms with Crippen molar-refractivity contribution in [3.8, 4) is 0 Å². The average Bonchev–Trinajstić information content (AvgIpc) is 2.73. The molecule has 0 unspecified atom stereocenters. The van der Waals surface area contributed by atoms with Crippen LogP contribution >= 0.6 is 55.1 Å². The lowest BCUT2D eigenvalue weighted by Gasteiger charge is -2.38. The molecule has 0 bridgehead atoms. The highest BCUT2D eigenvalue weighted by atomic mass is 79.9. The van der Waals surface area contributed by atoms with Crippen LogP contribution in [0.5, 0.6) is 0 Å². The van der Waals surface area contributed by atoms with Gasteiger partial charge in [0.2, 0.25) is 0 Å². The summed E-state index contributed by atoms with van der Waals surface area (Å²) in [5.74, 6) is 0. The van der Waals surface area contributed by atoms with Crippen molar-refractivity contribution in [3.63, 3.8) is 0 Å². The summed E-state index contributed by atoms with van der Waals surface area (Å²) in [6, 6.07) is 32.7. The Kier molecular flexibility index (Phi) is 6.17. The fourth-order valence-electron chi connectivity index (χ4n) is 3.86. The third-order valence-corrected chi connectivity index (χ3v) is 6.83. The van der Waals surface area contributed by atoms with Crippen molar-refractivity contribution in [3.05, 3.63) is 138 Å². The molecule has 0 aromatic heterocycles. The Morgan fingerprint density at radius 1 is 0.483 bits per heavy atom. The summed E-state index contributed by atoms with van der Waals surface area (Å²) in [4.78, 5) is 0. The summed E-state index contributed by atoms with van der Waals surface area (Å²) in [5.41, 5.74) is 3.48. The lowest BCUT2D eigenvalue weighted by Crippen LogP contribution is -2.31. The molecule has 144 valence electrons. The van der Waals surface area contributed by atoms with Gasteiger partial charge in [-0.1, -0.05) is 116 Å². The number of hydrogen-bond acceptors (Lipinski definition) is 0. The molecular weight excluding hydrogens is 531 g/mol. The zero-order valence-electron chi connectivity index (χ0n) is 15.2. The van der Waals surface area contributed by atoms with Crippen molar-refractivity contribution < 1.29 is 0 Å². The van der Waals surface area contributed by atoms with E-state index in [-0.39, 0.29) is 0 Å². The maximum atomic E-state index is 6.81. The Labute approximate surface area is 197 Å². The van der Waals surface area contributed by atoms with Crippen molar-refractivity contribution in [2.45, 2.75) is 5.41 Å². The molecule has 4 aromatic carbocycles. The van der Waals surface area contributed by atoms with Gasteiger partial charge in [0.1, 0.15) is 0 Å².